The van der Waals surface area contributed by atoms with E-state index in [9.17, 15) is 4.39 Å². The van der Waals surface area contributed by atoms with Crippen molar-refractivity contribution < 1.29 is 32.5 Å². The maximum Gasteiger partial charge on any atom is 0.223 e. The maximum atomic E-state index is 15.5. The van der Waals surface area contributed by atoms with Crippen molar-refractivity contribution in [2.45, 2.75) is 292 Å². The lowest BCUT2D eigenvalue weighted by Crippen LogP contribution is -2.35. The molecule has 4 saturated heterocycles. The fraction of sp³-hybridized carbons (Fsp3) is 0.426. The van der Waals surface area contributed by atoms with Crippen LogP contribution in [-0.4, -0.2) is 32.3 Å². The summed E-state index contributed by atoms with van der Waals surface area (Å²) < 4.78 is 74.2. The van der Waals surface area contributed by atoms with Gasteiger partial charge in [-0.1, -0.05) is 192 Å². The summed E-state index contributed by atoms with van der Waals surface area (Å²) >= 11 is 0. The molecule has 4 fully saturated rings. The molecule has 0 spiro atoms. The Kier molecular flexibility index (Phi) is 24.8. The van der Waals surface area contributed by atoms with Gasteiger partial charge in [0.1, 0.15) is 39.8 Å². The summed E-state index contributed by atoms with van der Waals surface area (Å²) in [6.45, 7) is 48.8. The van der Waals surface area contributed by atoms with E-state index in [0.29, 0.717) is 70.1 Å². The number of aryl methyl sites for hydroxylation is 9. The highest BCUT2D eigenvalue weighted by molar-refractivity contribution is 6.78. The van der Waals surface area contributed by atoms with Gasteiger partial charge < -0.3 is 0 Å². The third-order valence-electron chi connectivity index (χ3n) is 31.5. The van der Waals surface area contributed by atoms with Crippen LogP contribution in [0.5, 0.6) is 0 Å². The number of rotatable bonds is 9. The molecular formula is C115H146F2N4Si4+4. The molecule has 0 radical (unpaired) electrons. The molecule has 0 bridgehead atoms. The van der Waals surface area contributed by atoms with Crippen molar-refractivity contribution in [3.8, 4) is 56.2 Å². The minimum Gasteiger partial charge on any atom is -0.206 e. The third-order valence-corrected chi connectivity index (χ3v) is 44.6. The first-order valence-corrected chi connectivity index (χ1v) is 61.1. The summed E-state index contributed by atoms with van der Waals surface area (Å²) in [7, 11) is 4.30. The average Bonchev–Trinajstić information content (AvgIpc) is 1.58. The highest BCUT2D eigenvalue weighted by Crippen LogP contribution is 2.47. The van der Waals surface area contributed by atoms with Crippen LogP contribution in [0.15, 0.2) is 158 Å². The fourth-order valence-corrected chi connectivity index (χ4v) is 32.3. The molecule has 1 aliphatic carbocycles. The molecule has 8 heterocycles. The molecule has 125 heavy (non-hydrogen) atoms. The maximum absolute atomic E-state index is 15.5. The smallest absolute Gasteiger partial charge is 0.206 e. The number of hydrogen-bond acceptors (Lipinski definition) is 0. The monoisotopic (exact) mass is 1740 g/mol. The SMILES string of the molecule is [2H]c1c(C)[n+](C)c(-c2c(C)c(C)cc(C)c2F)c2ccc(C3CC[Si](C)(C)CC3)cc12.[2H]c1c(C)[n+](C)c(-c2cc(C)c(F)c(C)c2C)c2ccc(C3CC[Si](C)(C)CC3)cc12.[2H]c1c(C)[n+](C)c(-c2cc3c(cc2C)CCC3)c2ccc(C3CC[Si](C)(C)CC3)cc12.[2H]c1c(C)[n+](C)c(-c2ccc(-c3c(C)cccc3C)cc2C)c2ccc(C3CC[Si](C)(C)CC3)cc12. The summed E-state index contributed by atoms with van der Waals surface area (Å²) in [4.78, 5) is 0. The molecule has 0 amide bonds. The average molecular weight is 1740 g/mol. The molecular weight excluding hydrogens is 1590 g/mol. The summed E-state index contributed by atoms with van der Waals surface area (Å²) in [5.41, 5.74) is 34.3. The number of nitrogens with zero attached hydrogens (tertiary/aromatic N) is 4. The van der Waals surface area contributed by atoms with Gasteiger partial charge in [0.15, 0.2) is 22.8 Å². The lowest BCUT2D eigenvalue weighted by Gasteiger charge is -2.33. The fourth-order valence-electron chi connectivity index (χ4n) is 22.2. The molecule has 4 nitrogen and oxygen atoms in total. The zero-order chi connectivity index (χ0) is 93.0. The van der Waals surface area contributed by atoms with Crippen molar-refractivity contribution in [3.63, 3.8) is 0 Å². The number of halogens is 2. The van der Waals surface area contributed by atoms with Gasteiger partial charge in [-0.2, -0.15) is 18.3 Å². The molecule has 0 unspecified atom stereocenters. The predicted octanol–water partition coefficient (Wildman–Crippen LogP) is 30.4. The van der Waals surface area contributed by atoms with Crippen LogP contribution < -0.4 is 18.3 Å². The van der Waals surface area contributed by atoms with Crippen LogP contribution in [0.25, 0.3) is 99.2 Å². The first-order valence-electron chi connectivity index (χ1n) is 49.4. The van der Waals surface area contributed by atoms with Crippen molar-refractivity contribution in [1.82, 2.24) is 0 Å². The van der Waals surface area contributed by atoms with Gasteiger partial charge in [-0.3, -0.25) is 0 Å². The van der Waals surface area contributed by atoms with E-state index in [1.165, 1.54) is 219 Å². The van der Waals surface area contributed by atoms with Crippen molar-refractivity contribution in [2.75, 3.05) is 0 Å². The standard InChI is InChI=1S/C33H40NSi.C28H36NSi.2C27H35FNSi/c1-22-9-8-10-23(2)32(22)28-12-13-30(24(3)19-28)33-31-14-11-27(21-29(31)20-25(4)34(33)5)26-15-17-35(6,7)18-16-26;1-19-15-22-7-6-8-23(22)18-27(19)28-26-10-9-24(17-25(26)16-20(2)29(28)3)21-11-13-30(4,5)14-12-21;1-17-14-25(19(3)20(4)26(17)28)27-24-9-8-22(16-23(24)15-18(2)29(27)5)21-10-12-30(6,7)13-11-21;1-17-14-18(2)26(28)25(20(17)4)27-24-9-8-22(16-23(24)15-19(3)29(27)5)21-10-12-30(6,7)13-11-21/h8-14,19-21,26H,15-18H2,1-7H3;9-10,15-18,21H,6-8,11-14H2,1-5H3;2*8-9,14-16,21H,10-13H2,1-7H3/q4*+1/i20D;16D;2*15D. The van der Waals surface area contributed by atoms with Gasteiger partial charge in [0.05, 0.1) is 43.7 Å². The second-order valence-electron chi connectivity index (χ2n) is 42.7. The Bertz CT molecular complexity index is 6570. The van der Waals surface area contributed by atoms with Gasteiger partial charge in [-0.15, -0.1) is 0 Å². The molecule has 13 aromatic rings. The Balaban J connectivity index is 0.000000132. The second-order valence-corrected chi connectivity index (χ2v) is 64.0. The van der Waals surface area contributed by atoms with E-state index < -0.39 is 32.3 Å². The van der Waals surface area contributed by atoms with E-state index in [0.717, 1.165) is 88.7 Å². The Morgan fingerprint density at radius 2 is 0.632 bits per heavy atom. The number of fused-ring (bicyclic) bond motifs is 5. The molecule has 0 saturated carbocycles. The second kappa shape index (κ2) is 36.1. The van der Waals surface area contributed by atoms with Gasteiger partial charge in [0.2, 0.25) is 22.8 Å². The van der Waals surface area contributed by atoms with E-state index in [4.69, 9.17) is 5.48 Å². The lowest BCUT2D eigenvalue weighted by molar-refractivity contribution is -0.665. The van der Waals surface area contributed by atoms with E-state index in [1.807, 2.05) is 86.2 Å². The molecule has 4 aliphatic heterocycles. The Hall–Kier alpha value is -8.65. The van der Waals surface area contributed by atoms with Crippen LogP contribution in [0.3, 0.4) is 0 Å². The quantitative estimate of drug-likeness (QED) is 0.101. The van der Waals surface area contributed by atoms with Crippen LogP contribution in [0, 0.1) is 109 Å². The van der Waals surface area contributed by atoms with Gasteiger partial charge in [-0.05, 0) is 328 Å². The number of hydrogen-bond donors (Lipinski definition) is 0. The van der Waals surface area contributed by atoms with Crippen LogP contribution in [0.4, 0.5) is 8.78 Å². The van der Waals surface area contributed by atoms with Crippen molar-refractivity contribution in [3.05, 3.63) is 281 Å². The lowest BCUT2D eigenvalue weighted by atomic mass is 9.89. The Morgan fingerprint density at radius 1 is 0.296 bits per heavy atom. The van der Waals surface area contributed by atoms with Crippen molar-refractivity contribution in [2.24, 2.45) is 28.2 Å². The van der Waals surface area contributed by atoms with E-state index >= 15 is 4.39 Å². The molecule has 0 N–H and O–H groups in total. The Labute approximate surface area is 760 Å². The third kappa shape index (κ3) is 18.9. The van der Waals surface area contributed by atoms with Crippen LogP contribution in [0.2, 0.25) is 101 Å². The van der Waals surface area contributed by atoms with E-state index in [-0.39, 0.29) is 11.6 Å². The molecule has 5 aliphatic rings. The van der Waals surface area contributed by atoms with Gasteiger partial charge in [0.25, 0.3) is 0 Å². The minimum atomic E-state index is -1.00. The summed E-state index contributed by atoms with van der Waals surface area (Å²) in [6, 6.07) is 63.4. The van der Waals surface area contributed by atoms with Gasteiger partial charge in [0, 0.05) is 89.7 Å². The minimum absolute atomic E-state index is 0.117. The topological polar surface area (TPSA) is 15.5 Å². The molecule has 10 heteroatoms. The largest absolute Gasteiger partial charge is 0.223 e. The Morgan fingerprint density at radius 3 is 1.02 bits per heavy atom. The zero-order valence-electron chi connectivity index (χ0n) is 85.0. The van der Waals surface area contributed by atoms with Crippen molar-refractivity contribution >= 4 is 75.4 Å². The zero-order valence-corrected chi connectivity index (χ0v) is 85.0. The number of benzene rings is 9. The number of pyridine rings is 4. The molecule has 18 rings (SSSR count). The molecule has 9 aromatic carbocycles. The summed E-state index contributed by atoms with van der Waals surface area (Å²) in [6.07, 6.45) is 14.0. The van der Waals surface area contributed by atoms with E-state index in [1.54, 1.807) is 0 Å². The van der Waals surface area contributed by atoms with Gasteiger partial charge in [-0.25, -0.2) is 8.78 Å². The highest BCUT2D eigenvalue weighted by Gasteiger charge is 2.36. The first kappa shape index (κ1) is 85.8. The normalized spacial score (nSPS) is 17.6. The van der Waals surface area contributed by atoms with Crippen LogP contribution in [0.1, 0.15) is 199 Å². The predicted molar refractivity (Wildman–Crippen MR) is 542 cm³/mol. The summed E-state index contributed by atoms with van der Waals surface area (Å²) in [5.74, 6) is 2.24. The highest BCUT2D eigenvalue weighted by atomic mass is 28.3. The van der Waals surface area contributed by atoms with Crippen LogP contribution >= 0.6 is 0 Å². The van der Waals surface area contributed by atoms with Gasteiger partial charge >= 0.3 is 0 Å². The van der Waals surface area contributed by atoms with E-state index in [2.05, 4.69) is 243 Å². The molecule has 0 atom stereocenters. The van der Waals surface area contributed by atoms with Crippen LogP contribution in [-0.2, 0) is 41.0 Å². The van der Waals surface area contributed by atoms with Crippen molar-refractivity contribution in [1.29, 1.82) is 0 Å². The summed E-state index contributed by atoms with van der Waals surface area (Å²) in [5, 5.41) is 8.66. The first-order chi connectivity index (χ1) is 60.8. The number of aromatic nitrogens is 4. The molecule has 652 valence electrons. The molecule has 4 aromatic heterocycles.